The lowest BCUT2D eigenvalue weighted by Crippen LogP contribution is -2.51. The number of carbonyl (C=O) groups is 2. The van der Waals surface area contributed by atoms with E-state index in [0.717, 1.165) is 36.1 Å². The largest absolute Gasteiger partial charge is 0.350 e. The number of aryl methyl sites for hydroxylation is 1. The van der Waals surface area contributed by atoms with Gasteiger partial charge in [-0.05, 0) is 37.3 Å². The second-order valence-corrected chi connectivity index (χ2v) is 8.47. The van der Waals surface area contributed by atoms with Crippen molar-refractivity contribution in [1.29, 1.82) is 0 Å². The third-order valence-electron chi connectivity index (χ3n) is 5.45. The minimum atomic E-state index is -0.508. The molecule has 1 aromatic heterocycles. The number of nitrogens with two attached hydrogens (primary N) is 1. The highest BCUT2D eigenvalue weighted by atomic mass is 32.1. The molecule has 2 aromatic rings. The minimum Gasteiger partial charge on any atom is -0.350 e. The van der Waals surface area contributed by atoms with Crippen molar-refractivity contribution >= 4 is 23.2 Å². The van der Waals surface area contributed by atoms with Crippen LogP contribution < -0.4 is 11.1 Å². The molecule has 0 aliphatic carbocycles. The standard InChI is InChI=1S/C22H30N4O2S/c1-3-4-6-18(23)22(28)26-12-5-7-19(26)21(27)24-13-16-8-10-17(11-9-16)20-15(2)25-14-29-20/h8-11,14,18-19H,3-7,12-13,23H2,1-2H3,(H,24,27). The zero-order valence-electron chi connectivity index (χ0n) is 17.2. The lowest BCUT2D eigenvalue weighted by atomic mass is 10.1. The van der Waals surface area contributed by atoms with Crippen LogP contribution in [0.25, 0.3) is 10.4 Å². The van der Waals surface area contributed by atoms with Crippen molar-refractivity contribution in [2.45, 2.75) is 64.6 Å². The van der Waals surface area contributed by atoms with Crippen LogP contribution >= 0.6 is 11.3 Å². The Hall–Kier alpha value is -2.25. The number of hydrogen-bond donors (Lipinski definition) is 2. The number of aromatic nitrogens is 1. The average Bonchev–Trinajstić information content (AvgIpc) is 3.39. The van der Waals surface area contributed by atoms with E-state index in [-0.39, 0.29) is 11.8 Å². The number of benzene rings is 1. The predicted octanol–water partition coefficient (Wildman–Crippen LogP) is 3.24. The molecule has 2 unspecified atom stereocenters. The molecule has 0 spiro atoms. The van der Waals surface area contributed by atoms with Crippen LogP contribution in [0.3, 0.4) is 0 Å². The molecule has 2 atom stereocenters. The Morgan fingerprint density at radius 2 is 2.10 bits per heavy atom. The highest BCUT2D eigenvalue weighted by Gasteiger charge is 2.35. The van der Waals surface area contributed by atoms with Gasteiger partial charge in [0.25, 0.3) is 0 Å². The van der Waals surface area contributed by atoms with Crippen LogP contribution in [0.4, 0.5) is 0 Å². The van der Waals surface area contributed by atoms with Gasteiger partial charge in [-0.25, -0.2) is 4.98 Å². The third kappa shape index (κ3) is 5.22. The van der Waals surface area contributed by atoms with E-state index >= 15 is 0 Å². The second-order valence-electron chi connectivity index (χ2n) is 7.62. The summed E-state index contributed by atoms with van der Waals surface area (Å²) in [5.41, 5.74) is 11.1. The van der Waals surface area contributed by atoms with Crippen LogP contribution in [0.1, 0.15) is 50.3 Å². The van der Waals surface area contributed by atoms with Gasteiger partial charge in [0.1, 0.15) is 6.04 Å². The monoisotopic (exact) mass is 414 g/mol. The normalized spacial score (nSPS) is 17.3. The fourth-order valence-corrected chi connectivity index (χ4v) is 4.54. The zero-order chi connectivity index (χ0) is 20.8. The maximum atomic E-state index is 12.7. The van der Waals surface area contributed by atoms with Gasteiger partial charge in [0.05, 0.1) is 22.1 Å². The first-order valence-electron chi connectivity index (χ1n) is 10.3. The summed E-state index contributed by atoms with van der Waals surface area (Å²) in [5.74, 6) is -0.193. The molecule has 7 heteroatoms. The summed E-state index contributed by atoms with van der Waals surface area (Å²) in [6, 6.07) is 7.24. The molecular formula is C22H30N4O2S. The topological polar surface area (TPSA) is 88.3 Å². The molecule has 1 aliphatic rings. The maximum Gasteiger partial charge on any atom is 0.243 e. The summed E-state index contributed by atoms with van der Waals surface area (Å²) < 4.78 is 0. The molecule has 2 amide bonds. The van der Waals surface area contributed by atoms with Gasteiger partial charge in [0.2, 0.25) is 11.8 Å². The predicted molar refractivity (Wildman–Crippen MR) is 116 cm³/mol. The van der Waals surface area contributed by atoms with Gasteiger partial charge >= 0.3 is 0 Å². The van der Waals surface area contributed by atoms with Gasteiger partial charge in [-0.15, -0.1) is 11.3 Å². The summed E-state index contributed by atoms with van der Waals surface area (Å²) in [4.78, 5) is 32.5. The molecule has 1 saturated heterocycles. The summed E-state index contributed by atoms with van der Waals surface area (Å²) in [5, 5.41) is 2.99. The lowest BCUT2D eigenvalue weighted by molar-refractivity contribution is -0.139. The van der Waals surface area contributed by atoms with E-state index in [1.165, 1.54) is 4.88 Å². The molecule has 6 nitrogen and oxygen atoms in total. The van der Waals surface area contributed by atoms with Gasteiger partial charge in [0, 0.05) is 13.1 Å². The van der Waals surface area contributed by atoms with Crippen LogP contribution in [0.5, 0.6) is 0 Å². The highest BCUT2D eigenvalue weighted by Crippen LogP contribution is 2.27. The van der Waals surface area contributed by atoms with Gasteiger partial charge in [-0.1, -0.05) is 44.0 Å². The maximum absolute atomic E-state index is 12.7. The van der Waals surface area contributed by atoms with Crippen LogP contribution in [-0.2, 0) is 16.1 Å². The number of unbranched alkanes of at least 4 members (excludes halogenated alkanes) is 1. The van der Waals surface area contributed by atoms with Crippen molar-refractivity contribution in [3.05, 3.63) is 41.0 Å². The van der Waals surface area contributed by atoms with Crippen LogP contribution in [-0.4, -0.2) is 40.3 Å². The number of amides is 2. The smallest absolute Gasteiger partial charge is 0.243 e. The van der Waals surface area contributed by atoms with Gasteiger partial charge in [-0.3, -0.25) is 9.59 Å². The van der Waals surface area contributed by atoms with E-state index in [1.54, 1.807) is 16.2 Å². The first kappa shape index (κ1) is 21.5. The number of hydrogen-bond acceptors (Lipinski definition) is 5. The lowest BCUT2D eigenvalue weighted by Gasteiger charge is -2.26. The van der Waals surface area contributed by atoms with Crippen molar-refractivity contribution in [3.8, 4) is 10.4 Å². The van der Waals surface area contributed by atoms with Crippen LogP contribution in [0.15, 0.2) is 29.8 Å². The first-order chi connectivity index (χ1) is 14.0. The average molecular weight is 415 g/mol. The molecule has 3 rings (SSSR count). The van der Waals surface area contributed by atoms with Crippen molar-refractivity contribution in [2.75, 3.05) is 6.54 Å². The van der Waals surface area contributed by atoms with Crippen molar-refractivity contribution < 1.29 is 9.59 Å². The number of carbonyl (C=O) groups excluding carboxylic acids is 2. The van der Waals surface area contributed by atoms with Gasteiger partial charge in [0.15, 0.2) is 0 Å². The summed E-state index contributed by atoms with van der Waals surface area (Å²) in [6.45, 7) is 5.14. The molecule has 29 heavy (non-hydrogen) atoms. The summed E-state index contributed by atoms with van der Waals surface area (Å²) in [6.07, 6.45) is 4.14. The molecule has 0 radical (unpaired) electrons. The molecule has 0 saturated carbocycles. The minimum absolute atomic E-state index is 0.0964. The Morgan fingerprint density at radius 3 is 2.76 bits per heavy atom. The van der Waals surface area contributed by atoms with Gasteiger partial charge in [-0.2, -0.15) is 0 Å². The van der Waals surface area contributed by atoms with E-state index in [2.05, 4.69) is 29.4 Å². The van der Waals surface area contributed by atoms with E-state index < -0.39 is 12.1 Å². The zero-order valence-corrected chi connectivity index (χ0v) is 18.0. The van der Waals surface area contributed by atoms with E-state index in [0.29, 0.717) is 25.9 Å². The molecule has 1 aromatic carbocycles. The number of nitrogens with one attached hydrogen (secondary N) is 1. The number of nitrogens with zero attached hydrogens (tertiary/aromatic N) is 2. The van der Waals surface area contributed by atoms with Crippen molar-refractivity contribution in [3.63, 3.8) is 0 Å². The number of thiazole rings is 1. The van der Waals surface area contributed by atoms with Crippen LogP contribution in [0.2, 0.25) is 0 Å². The fraction of sp³-hybridized carbons (Fsp3) is 0.500. The number of likely N-dealkylation sites (tertiary alicyclic amines) is 1. The molecule has 1 aliphatic heterocycles. The Balaban J connectivity index is 1.55. The third-order valence-corrected chi connectivity index (χ3v) is 6.43. The van der Waals surface area contributed by atoms with Crippen LogP contribution in [0, 0.1) is 6.92 Å². The summed E-state index contributed by atoms with van der Waals surface area (Å²) in [7, 11) is 0. The molecule has 156 valence electrons. The van der Waals surface area contributed by atoms with Gasteiger partial charge < -0.3 is 16.0 Å². The van der Waals surface area contributed by atoms with E-state index in [1.807, 2.05) is 24.6 Å². The van der Waals surface area contributed by atoms with Crippen molar-refractivity contribution in [2.24, 2.45) is 5.73 Å². The quantitative estimate of drug-likeness (QED) is 0.694. The molecular weight excluding hydrogens is 384 g/mol. The highest BCUT2D eigenvalue weighted by molar-refractivity contribution is 7.13. The molecule has 1 fully saturated rings. The Morgan fingerprint density at radius 1 is 1.34 bits per heavy atom. The van der Waals surface area contributed by atoms with Crippen molar-refractivity contribution in [1.82, 2.24) is 15.2 Å². The molecule has 0 bridgehead atoms. The Labute approximate surface area is 176 Å². The second kappa shape index (κ2) is 9.98. The first-order valence-corrected chi connectivity index (χ1v) is 11.2. The molecule has 3 N–H and O–H groups in total. The fourth-order valence-electron chi connectivity index (χ4n) is 3.72. The summed E-state index contributed by atoms with van der Waals surface area (Å²) >= 11 is 1.62. The van der Waals surface area contributed by atoms with E-state index in [9.17, 15) is 9.59 Å². The molecule has 2 heterocycles. The van der Waals surface area contributed by atoms with E-state index in [4.69, 9.17) is 5.73 Å². The number of rotatable bonds is 8. The Bertz CT molecular complexity index is 834. The SMILES string of the molecule is CCCCC(N)C(=O)N1CCCC1C(=O)NCc1ccc(-c2scnc2C)cc1. The Kier molecular flexibility index (Phi) is 7.39.